The first-order chi connectivity index (χ1) is 13.8. The smallest absolute Gasteiger partial charge is 0.299 e. The van der Waals surface area contributed by atoms with Gasteiger partial charge in [-0.3, -0.25) is 24.1 Å². The number of hydrogen-bond acceptors (Lipinski definition) is 6. The van der Waals surface area contributed by atoms with Gasteiger partial charge in [0.05, 0.1) is 0 Å². The summed E-state index contributed by atoms with van der Waals surface area (Å²) in [5.41, 5.74) is 0.649. The van der Waals surface area contributed by atoms with Crippen LogP contribution in [0.15, 0.2) is 29.3 Å². The quantitative estimate of drug-likeness (QED) is 0.535. The lowest BCUT2D eigenvalue weighted by atomic mass is 10.1. The van der Waals surface area contributed by atoms with E-state index in [4.69, 9.17) is 0 Å². The summed E-state index contributed by atoms with van der Waals surface area (Å²) >= 11 is 0. The van der Waals surface area contributed by atoms with E-state index in [9.17, 15) is 23.6 Å². The van der Waals surface area contributed by atoms with Crippen LogP contribution in [0.2, 0.25) is 0 Å². The van der Waals surface area contributed by atoms with Gasteiger partial charge in [0.2, 0.25) is 11.9 Å². The minimum Gasteiger partial charge on any atom is -0.350 e. The molecule has 1 aromatic rings. The van der Waals surface area contributed by atoms with E-state index in [2.05, 4.69) is 10.3 Å². The van der Waals surface area contributed by atoms with Crippen LogP contribution in [0.5, 0.6) is 0 Å². The lowest BCUT2D eigenvalue weighted by Gasteiger charge is -2.39. The maximum Gasteiger partial charge on any atom is 0.299 e. The third kappa shape index (κ3) is 4.41. The zero-order chi connectivity index (χ0) is 21.1. The fourth-order valence-corrected chi connectivity index (χ4v) is 3.21. The lowest BCUT2D eigenvalue weighted by Crippen LogP contribution is -2.60. The van der Waals surface area contributed by atoms with Gasteiger partial charge in [-0.1, -0.05) is 12.1 Å². The Labute approximate surface area is 167 Å². The summed E-state index contributed by atoms with van der Waals surface area (Å²) in [7, 11) is 1.43. The molecule has 1 saturated heterocycles. The highest BCUT2D eigenvalue weighted by atomic mass is 19.1. The number of aliphatic imine (C=N–C) groups is 1. The molecular weight excluding hydrogens is 381 g/mol. The van der Waals surface area contributed by atoms with E-state index >= 15 is 0 Å². The van der Waals surface area contributed by atoms with Crippen LogP contribution in [0.4, 0.5) is 4.39 Å². The predicted octanol–water partition coefficient (Wildman–Crippen LogP) is -0.628. The molecule has 154 valence electrons. The summed E-state index contributed by atoms with van der Waals surface area (Å²) in [5, 5.41) is 2.57. The number of carbonyl (C=O) groups excluding carboxylic acids is 4. The second kappa shape index (κ2) is 8.38. The summed E-state index contributed by atoms with van der Waals surface area (Å²) < 4.78 is 13.0. The molecule has 1 fully saturated rings. The van der Waals surface area contributed by atoms with Gasteiger partial charge >= 0.3 is 0 Å². The van der Waals surface area contributed by atoms with E-state index in [0.29, 0.717) is 31.7 Å². The van der Waals surface area contributed by atoms with Crippen LogP contribution < -0.4 is 5.32 Å². The van der Waals surface area contributed by atoms with Gasteiger partial charge in [0.15, 0.2) is 6.04 Å². The van der Waals surface area contributed by atoms with E-state index < -0.39 is 29.5 Å². The molecule has 1 N–H and O–H groups in total. The Morgan fingerprint density at radius 3 is 2.34 bits per heavy atom. The molecule has 1 atom stereocenters. The zero-order valence-electron chi connectivity index (χ0n) is 16.2. The van der Waals surface area contributed by atoms with E-state index in [1.165, 1.54) is 38.2 Å². The number of amides is 3. The predicted molar refractivity (Wildman–Crippen MR) is 101 cm³/mol. The molecule has 0 spiro atoms. The van der Waals surface area contributed by atoms with Crippen molar-refractivity contribution in [3.8, 4) is 0 Å². The van der Waals surface area contributed by atoms with E-state index in [-0.39, 0.29) is 18.4 Å². The summed E-state index contributed by atoms with van der Waals surface area (Å²) in [6.45, 7) is 3.37. The van der Waals surface area contributed by atoms with Gasteiger partial charge in [0, 0.05) is 46.7 Å². The molecule has 29 heavy (non-hydrogen) atoms. The highest BCUT2D eigenvalue weighted by Crippen LogP contribution is 2.13. The third-order valence-electron chi connectivity index (χ3n) is 4.94. The molecule has 0 radical (unpaired) electrons. The van der Waals surface area contributed by atoms with Gasteiger partial charge in [0.1, 0.15) is 5.82 Å². The van der Waals surface area contributed by atoms with E-state index in [0.717, 1.165) is 4.90 Å². The molecule has 1 aromatic carbocycles. The minimum atomic E-state index is -1.47. The lowest BCUT2D eigenvalue weighted by molar-refractivity contribution is -0.145. The normalized spacial score (nSPS) is 19.9. The number of nitrogens with one attached hydrogen (secondary N) is 1. The standard InChI is InChI=1S/C19H22FN5O4/c1-12(26)24-7-9-25(10-8-24)19-22-15(16(27)18(29)23(19)2)17(28)21-11-13-3-5-14(20)6-4-13/h3-6,15H,7-11H2,1-2H3,(H,21,28). The first-order valence-electron chi connectivity index (χ1n) is 9.20. The van der Waals surface area contributed by atoms with Crippen LogP contribution in [0.25, 0.3) is 0 Å². The average molecular weight is 403 g/mol. The molecule has 2 aliphatic heterocycles. The number of ketones is 1. The van der Waals surface area contributed by atoms with Gasteiger partial charge in [0.25, 0.3) is 17.6 Å². The van der Waals surface area contributed by atoms with Crippen molar-refractivity contribution < 1.29 is 23.6 Å². The number of hydrogen-bond donors (Lipinski definition) is 1. The van der Waals surface area contributed by atoms with Crippen molar-refractivity contribution in [1.82, 2.24) is 20.0 Å². The average Bonchev–Trinajstić information content (AvgIpc) is 2.72. The van der Waals surface area contributed by atoms with Crippen molar-refractivity contribution in [1.29, 1.82) is 0 Å². The van der Waals surface area contributed by atoms with Crippen molar-refractivity contribution in [3.05, 3.63) is 35.6 Å². The van der Waals surface area contributed by atoms with Crippen molar-refractivity contribution in [2.75, 3.05) is 33.2 Å². The second-order valence-electron chi connectivity index (χ2n) is 6.90. The van der Waals surface area contributed by atoms with Gasteiger partial charge in [-0.25, -0.2) is 9.38 Å². The molecule has 1 unspecified atom stereocenters. The Morgan fingerprint density at radius 2 is 1.76 bits per heavy atom. The Kier molecular flexibility index (Phi) is 5.90. The molecule has 2 heterocycles. The van der Waals surface area contributed by atoms with Crippen molar-refractivity contribution in [2.45, 2.75) is 19.5 Å². The SMILES string of the molecule is CC(=O)N1CCN(C2=NC(C(=O)NCc3ccc(F)cc3)C(=O)C(=O)N2C)CC1. The van der Waals surface area contributed by atoms with Crippen LogP contribution >= 0.6 is 0 Å². The fourth-order valence-electron chi connectivity index (χ4n) is 3.21. The van der Waals surface area contributed by atoms with E-state index in [1.54, 1.807) is 9.80 Å². The Hall–Kier alpha value is -3.30. The topological polar surface area (TPSA) is 102 Å². The zero-order valence-corrected chi connectivity index (χ0v) is 16.2. The number of benzene rings is 1. The van der Waals surface area contributed by atoms with Gasteiger partial charge in [-0.15, -0.1) is 0 Å². The Morgan fingerprint density at radius 1 is 1.14 bits per heavy atom. The highest BCUT2D eigenvalue weighted by Gasteiger charge is 2.41. The Balaban J connectivity index is 1.72. The van der Waals surface area contributed by atoms with E-state index in [1.807, 2.05) is 0 Å². The molecule has 2 aliphatic rings. The number of nitrogens with zero attached hydrogens (tertiary/aromatic N) is 4. The summed E-state index contributed by atoms with van der Waals surface area (Å²) in [6, 6.07) is 4.09. The van der Waals surface area contributed by atoms with Crippen LogP contribution in [0.1, 0.15) is 12.5 Å². The molecule has 9 nitrogen and oxygen atoms in total. The van der Waals surface area contributed by atoms with Crippen LogP contribution in [0, 0.1) is 5.82 Å². The second-order valence-corrected chi connectivity index (χ2v) is 6.90. The number of piperazine rings is 1. The third-order valence-corrected chi connectivity index (χ3v) is 4.94. The maximum atomic E-state index is 13.0. The van der Waals surface area contributed by atoms with Gasteiger partial charge in [-0.05, 0) is 17.7 Å². The van der Waals surface area contributed by atoms with Crippen molar-refractivity contribution in [2.24, 2.45) is 4.99 Å². The monoisotopic (exact) mass is 403 g/mol. The molecule has 0 saturated carbocycles. The maximum absolute atomic E-state index is 13.0. The molecular formula is C19H22FN5O4. The number of halogens is 1. The molecule has 3 rings (SSSR count). The summed E-state index contributed by atoms with van der Waals surface area (Å²) in [5.74, 6) is -2.61. The fraction of sp³-hybridized carbons (Fsp3) is 0.421. The number of guanidine groups is 1. The first kappa shape index (κ1) is 20.4. The van der Waals surface area contributed by atoms with Crippen LogP contribution in [-0.2, 0) is 25.7 Å². The number of Topliss-reactive ketones (excluding diaryl/α,β-unsaturated/α-hetero) is 1. The number of rotatable bonds is 3. The van der Waals surface area contributed by atoms with Gasteiger partial charge in [-0.2, -0.15) is 0 Å². The largest absolute Gasteiger partial charge is 0.350 e. The molecule has 10 heteroatoms. The minimum absolute atomic E-state index is 0.0344. The van der Waals surface area contributed by atoms with Crippen molar-refractivity contribution in [3.63, 3.8) is 0 Å². The van der Waals surface area contributed by atoms with Crippen LogP contribution in [0.3, 0.4) is 0 Å². The van der Waals surface area contributed by atoms with Gasteiger partial charge < -0.3 is 15.1 Å². The Bertz CT molecular complexity index is 862. The van der Waals surface area contributed by atoms with Crippen molar-refractivity contribution >= 4 is 29.5 Å². The number of likely N-dealkylation sites (N-methyl/N-ethyl adjacent to an activating group) is 1. The summed E-state index contributed by atoms with van der Waals surface area (Å²) in [4.78, 5) is 57.5. The molecule has 0 aromatic heterocycles. The summed E-state index contributed by atoms with van der Waals surface area (Å²) in [6.07, 6.45) is 0. The van der Waals surface area contributed by atoms with Crippen LogP contribution in [-0.4, -0.2) is 83.4 Å². The first-order valence-corrected chi connectivity index (χ1v) is 9.20. The highest BCUT2D eigenvalue weighted by molar-refractivity contribution is 6.45. The molecule has 0 bridgehead atoms. The molecule has 3 amide bonds. The molecule has 0 aliphatic carbocycles. The number of carbonyl (C=O) groups is 4.